The van der Waals surface area contributed by atoms with Gasteiger partial charge in [-0.3, -0.25) is 4.79 Å². The zero-order chi connectivity index (χ0) is 22.8. The van der Waals surface area contributed by atoms with Crippen molar-refractivity contribution in [2.75, 3.05) is 20.8 Å². The zero-order valence-corrected chi connectivity index (χ0v) is 18.1. The zero-order valence-electron chi connectivity index (χ0n) is 17.2. The number of rotatable bonds is 7. The van der Waals surface area contributed by atoms with Crippen LogP contribution < -0.4 is 9.88 Å². The normalized spacial score (nSPS) is 11.4. The van der Waals surface area contributed by atoms with E-state index in [4.69, 9.17) is 19.0 Å². The molecule has 0 aliphatic rings. The van der Waals surface area contributed by atoms with Gasteiger partial charge in [-0.1, -0.05) is 18.2 Å². The second-order valence-electron chi connectivity index (χ2n) is 6.95. The Morgan fingerprint density at radius 1 is 1.10 bits per heavy atom. The summed E-state index contributed by atoms with van der Waals surface area (Å²) in [5.74, 6) is -1.01. The van der Waals surface area contributed by atoms with E-state index in [1.807, 2.05) is 36.4 Å². The van der Waals surface area contributed by atoms with E-state index in [0.717, 1.165) is 28.2 Å². The number of furan rings is 1. The van der Waals surface area contributed by atoms with Gasteiger partial charge in [0.05, 0.1) is 7.11 Å². The van der Waals surface area contributed by atoms with Crippen molar-refractivity contribution in [3.63, 3.8) is 0 Å². The van der Waals surface area contributed by atoms with E-state index >= 15 is 0 Å². The Labute approximate surface area is 179 Å². The molecular formula is C21H22N2O7S. The molecule has 0 atom stereocenters. The lowest BCUT2D eigenvalue weighted by molar-refractivity contribution is -0.133. The van der Waals surface area contributed by atoms with Crippen LogP contribution in [-0.4, -0.2) is 46.0 Å². The van der Waals surface area contributed by atoms with Crippen LogP contribution in [0, 0.1) is 6.92 Å². The molecule has 31 heavy (non-hydrogen) atoms. The number of carbonyl (C=O) groups excluding carboxylic acids is 2. The largest absolute Gasteiger partial charge is 0.497 e. The first-order valence-electron chi connectivity index (χ1n) is 9.19. The van der Waals surface area contributed by atoms with E-state index in [-0.39, 0.29) is 16.4 Å². The van der Waals surface area contributed by atoms with Crippen molar-refractivity contribution in [3.05, 3.63) is 59.5 Å². The standard InChI is InChI=1S/C21H22N2O7S/c1-13-19(31(22,26)27)10-18(30-13)21(25)29-12-20(24)23(2)11-14-4-5-16-9-17(28-3)7-6-15(16)8-14/h4-10H,11-12H2,1-3H3,(H2,22,26,27). The quantitative estimate of drug-likeness (QED) is 0.551. The van der Waals surface area contributed by atoms with Crippen molar-refractivity contribution in [2.24, 2.45) is 5.14 Å². The number of primary sulfonamides is 1. The van der Waals surface area contributed by atoms with E-state index in [1.165, 1.54) is 11.8 Å². The fourth-order valence-corrected chi connectivity index (χ4v) is 3.73. The SMILES string of the molecule is COc1ccc2cc(CN(C)C(=O)COC(=O)c3cc(S(N)(=O)=O)c(C)o3)ccc2c1. The van der Waals surface area contributed by atoms with Crippen molar-refractivity contribution in [2.45, 2.75) is 18.4 Å². The summed E-state index contributed by atoms with van der Waals surface area (Å²) in [5, 5.41) is 7.07. The first-order chi connectivity index (χ1) is 14.6. The number of amides is 1. The third kappa shape index (κ3) is 5.22. The Hall–Kier alpha value is -3.37. The predicted molar refractivity (Wildman–Crippen MR) is 112 cm³/mol. The number of methoxy groups -OCH3 is 1. The summed E-state index contributed by atoms with van der Waals surface area (Å²) in [6.07, 6.45) is 0. The number of carbonyl (C=O) groups is 2. The third-order valence-electron chi connectivity index (χ3n) is 4.66. The lowest BCUT2D eigenvalue weighted by Crippen LogP contribution is -2.30. The van der Waals surface area contributed by atoms with Gasteiger partial charge < -0.3 is 18.8 Å². The molecule has 0 saturated carbocycles. The summed E-state index contributed by atoms with van der Waals surface area (Å²) >= 11 is 0. The maximum Gasteiger partial charge on any atom is 0.374 e. The Morgan fingerprint density at radius 3 is 2.42 bits per heavy atom. The maximum atomic E-state index is 12.3. The number of hydrogen-bond donors (Lipinski definition) is 1. The Kier molecular flexibility index (Phi) is 6.32. The summed E-state index contributed by atoms with van der Waals surface area (Å²) in [7, 11) is -0.835. The van der Waals surface area contributed by atoms with Crippen LogP contribution in [-0.2, 0) is 26.1 Å². The van der Waals surface area contributed by atoms with Crippen LogP contribution in [0.1, 0.15) is 21.9 Å². The van der Waals surface area contributed by atoms with Gasteiger partial charge in [-0.2, -0.15) is 0 Å². The van der Waals surface area contributed by atoms with Crippen LogP contribution in [0.25, 0.3) is 10.8 Å². The summed E-state index contributed by atoms with van der Waals surface area (Å²) in [5.41, 5.74) is 0.902. The minimum atomic E-state index is -4.03. The molecule has 9 nitrogen and oxygen atoms in total. The third-order valence-corrected chi connectivity index (χ3v) is 5.68. The predicted octanol–water partition coefficient (Wildman–Crippen LogP) is 2.21. The molecule has 10 heteroatoms. The van der Waals surface area contributed by atoms with Gasteiger partial charge in [0.2, 0.25) is 15.8 Å². The molecule has 3 aromatic rings. The topological polar surface area (TPSA) is 129 Å². The molecule has 0 bridgehead atoms. The maximum absolute atomic E-state index is 12.3. The molecule has 1 heterocycles. The number of hydrogen-bond acceptors (Lipinski definition) is 7. The van der Waals surface area contributed by atoms with Crippen LogP contribution in [0.2, 0.25) is 0 Å². The van der Waals surface area contributed by atoms with Crippen molar-refractivity contribution in [1.29, 1.82) is 0 Å². The lowest BCUT2D eigenvalue weighted by Gasteiger charge is -2.17. The van der Waals surface area contributed by atoms with Gasteiger partial charge in [0.25, 0.3) is 5.91 Å². The van der Waals surface area contributed by atoms with E-state index < -0.39 is 28.5 Å². The van der Waals surface area contributed by atoms with E-state index in [1.54, 1.807) is 14.2 Å². The molecule has 0 aliphatic heterocycles. The summed E-state index contributed by atoms with van der Waals surface area (Å²) in [6, 6.07) is 12.5. The van der Waals surface area contributed by atoms with Gasteiger partial charge in [-0.05, 0) is 41.5 Å². The number of sulfonamides is 1. The molecule has 164 valence electrons. The Balaban J connectivity index is 1.60. The highest BCUT2D eigenvalue weighted by Gasteiger charge is 2.23. The van der Waals surface area contributed by atoms with Crippen molar-refractivity contribution < 1.29 is 31.9 Å². The van der Waals surface area contributed by atoms with Gasteiger partial charge >= 0.3 is 5.97 Å². The molecule has 0 unspecified atom stereocenters. The molecule has 2 aromatic carbocycles. The molecular weight excluding hydrogens is 424 g/mol. The van der Waals surface area contributed by atoms with Gasteiger partial charge in [-0.25, -0.2) is 18.4 Å². The second-order valence-corrected chi connectivity index (χ2v) is 8.48. The fourth-order valence-electron chi connectivity index (χ4n) is 3.02. The second kappa shape index (κ2) is 8.78. The van der Waals surface area contributed by atoms with E-state index in [9.17, 15) is 18.0 Å². The highest BCUT2D eigenvalue weighted by Crippen LogP contribution is 2.22. The highest BCUT2D eigenvalue weighted by molar-refractivity contribution is 7.89. The number of esters is 1. The van der Waals surface area contributed by atoms with Crippen LogP contribution in [0.4, 0.5) is 0 Å². The van der Waals surface area contributed by atoms with E-state index in [2.05, 4.69) is 0 Å². The number of nitrogens with two attached hydrogens (primary N) is 1. The number of likely N-dealkylation sites (N-methyl/N-ethyl adjacent to an activating group) is 1. The minimum absolute atomic E-state index is 0.0354. The highest BCUT2D eigenvalue weighted by atomic mass is 32.2. The molecule has 0 saturated heterocycles. The van der Waals surface area contributed by atoms with Gasteiger partial charge in [0.1, 0.15) is 16.4 Å². The molecule has 0 aliphatic carbocycles. The monoisotopic (exact) mass is 446 g/mol. The summed E-state index contributed by atoms with van der Waals surface area (Å²) < 4.78 is 38.1. The van der Waals surface area contributed by atoms with Crippen LogP contribution in [0.5, 0.6) is 5.75 Å². The molecule has 0 radical (unpaired) electrons. The van der Waals surface area contributed by atoms with Gasteiger partial charge in [0.15, 0.2) is 6.61 Å². The van der Waals surface area contributed by atoms with Crippen LogP contribution in [0.3, 0.4) is 0 Å². The van der Waals surface area contributed by atoms with Crippen molar-refractivity contribution >= 4 is 32.7 Å². The Morgan fingerprint density at radius 2 is 1.77 bits per heavy atom. The Bertz CT molecular complexity index is 1250. The van der Waals surface area contributed by atoms with Crippen LogP contribution >= 0.6 is 0 Å². The first kappa shape index (κ1) is 22.3. The average molecular weight is 446 g/mol. The first-order valence-corrected chi connectivity index (χ1v) is 10.7. The molecule has 0 spiro atoms. The number of ether oxygens (including phenoxy) is 2. The number of nitrogens with zero attached hydrogens (tertiary/aromatic N) is 1. The number of aryl methyl sites for hydroxylation is 1. The molecule has 1 aromatic heterocycles. The number of benzene rings is 2. The van der Waals surface area contributed by atoms with Crippen LogP contribution in [0.15, 0.2) is 51.8 Å². The molecule has 3 rings (SSSR count). The average Bonchev–Trinajstić information content (AvgIpc) is 3.13. The molecule has 1 amide bonds. The smallest absolute Gasteiger partial charge is 0.374 e. The van der Waals surface area contributed by atoms with E-state index in [0.29, 0.717) is 6.54 Å². The molecule has 0 fully saturated rings. The number of fused-ring (bicyclic) bond motifs is 1. The fraction of sp³-hybridized carbons (Fsp3) is 0.238. The minimum Gasteiger partial charge on any atom is -0.497 e. The van der Waals surface area contributed by atoms with Gasteiger partial charge in [-0.15, -0.1) is 0 Å². The van der Waals surface area contributed by atoms with Crippen molar-refractivity contribution in [1.82, 2.24) is 4.90 Å². The molecule has 2 N–H and O–H groups in total. The lowest BCUT2D eigenvalue weighted by atomic mass is 10.1. The summed E-state index contributed by atoms with van der Waals surface area (Å²) in [4.78, 5) is 25.5. The van der Waals surface area contributed by atoms with Gasteiger partial charge in [0, 0.05) is 19.7 Å². The summed E-state index contributed by atoms with van der Waals surface area (Å²) in [6.45, 7) is 1.15. The van der Waals surface area contributed by atoms with Crippen molar-refractivity contribution in [3.8, 4) is 5.75 Å².